The normalized spacial score (nSPS) is 19.1. The first-order chi connectivity index (χ1) is 7.78. The second-order valence-corrected chi connectivity index (χ2v) is 4.02. The van der Waals surface area contributed by atoms with Crippen LogP contribution in [0.1, 0.15) is 13.3 Å². The van der Waals surface area contributed by atoms with Crippen LogP contribution in [0.5, 0.6) is 5.75 Å². The Morgan fingerprint density at radius 2 is 2.00 bits per heavy atom. The molecule has 0 saturated heterocycles. The molecule has 2 nitrogen and oxygen atoms in total. The molecular weight excluding hydrogens is 198 g/mol. The molecule has 0 aromatic heterocycles. The highest BCUT2D eigenvalue weighted by Gasteiger charge is 2.06. The number of rotatable bonds is 3. The Hall–Kier alpha value is -1.70. The average Bonchev–Trinajstić information content (AvgIpc) is 2.33. The van der Waals surface area contributed by atoms with Crippen molar-refractivity contribution in [1.82, 2.24) is 0 Å². The zero-order chi connectivity index (χ0) is 11.4. The van der Waals surface area contributed by atoms with Crippen molar-refractivity contribution in [2.24, 2.45) is 0 Å². The summed E-state index contributed by atoms with van der Waals surface area (Å²) < 4.78 is 5.12. The first-order valence-electron chi connectivity index (χ1n) is 5.53. The highest BCUT2D eigenvalue weighted by molar-refractivity contribution is 5.48. The van der Waals surface area contributed by atoms with Crippen LogP contribution in [0.2, 0.25) is 0 Å². The zero-order valence-corrected chi connectivity index (χ0v) is 9.73. The van der Waals surface area contributed by atoms with E-state index in [1.165, 1.54) is 5.57 Å². The third-order valence-electron chi connectivity index (χ3n) is 2.73. The summed E-state index contributed by atoms with van der Waals surface area (Å²) >= 11 is 0. The number of nitrogens with one attached hydrogen (secondary N) is 1. The van der Waals surface area contributed by atoms with Gasteiger partial charge in [-0.15, -0.1) is 0 Å². The van der Waals surface area contributed by atoms with Crippen LogP contribution in [0, 0.1) is 0 Å². The van der Waals surface area contributed by atoms with Gasteiger partial charge in [-0.2, -0.15) is 0 Å². The van der Waals surface area contributed by atoms with E-state index < -0.39 is 0 Å². The minimum Gasteiger partial charge on any atom is -0.497 e. The molecule has 0 radical (unpaired) electrons. The maximum atomic E-state index is 5.12. The maximum Gasteiger partial charge on any atom is 0.119 e. The van der Waals surface area contributed by atoms with Gasteiger partial charge in [0.2, 0.25) is 0 Å². The molecule has 0 fully saturated rings. The topological polar surface area (TPSA) is 21.3 Å². The Bertz CT molecular complexity index is 403. The predicted molar refractivity (Wildman–Crippen MR) is 67.9 cm³/mol. The Morgan fingerprint density at radius 1 is 1.25 bits per heavy atom. The van der Waals surface area contributed by atoms with E-state index in [0.29, 0.717) is 6.04 Å². The van der Waals surface area contributed by atoms with E-state index in [1.54, 1.807) is 7.11 Å². The summed E-state index contributed by atoms with van der Waals surface area (Å²) in [5.41, 5.74) is 2.47. The fourth-order valence-electron chi connectivity index (χ4n) is 1.74. The van der Waals surface area contributed by atoms with Gasteiger partial charge in [-0.25, -0.2) is 0 Å². The molecule has 0 amide bonds. The minimum absolute atomic E-state index is 0.400. The maximum absolute atomic E-state index is 5.12. The van der Waals surface area contributed by atoms with Gasteiger partial charge >= 0.3 is 0 Å². The monoisotopic (exact) mass is 215 g/mol. The number of hydrogen-bond donors (Lipinski definition) is 1. The number of methoxy groups -OCH3 is 1. The lowest BCUT2D eigenvalue weighted by atomic mass is 10.0. The highest BCUT2D eigenvalue weighted by atomic mass is 16.5. The number of ether oxygens (including phenoxy) is 1. The van der Waals surface area contributed by atoms with Crippen LogP contribution in [0.15, 0.2) is 48.1 Å². The SMILES string of the molecule is COc1ccc(NC2C=CC(C)=CC2)cc1. The van der Waals surface area contributed by atoms with Crippen LogP contribution >= 0.6 is 0 Å². The molecule has 2 rings (SSSR count). The van der Waals surface area contributed by atoms with Crippen LogP contribution in [-0.2, 0) is 0 Å². The molecule has 0 bridgehead atoms. The van der Waals surface area contributed by atoms with E-state index in [9.17, 15) is 0 Å². The standard InChI is InChI=1S/C14H17NO/c1-11-3-5-12(6-4-11)15-13-7-9-14(16-2)10-8-13/h3-5,7-10,12,15H,6H2,1-2H3. The first kappa shape index (κ1) is 10.8. The summed E-state index contributed by atoms with van der Waals surface area (Å²) in [4.78, 5) is 0. The summed E-state index contributed by atoms with van der Waals surface area (Å²) in [6, 6.07) is 8.42. The van der Waals surface area contributed by atoms with E-state index in [1.807, 2.05) is 24.3 Å². The highest BCUT2D eigenvalue weighted by Crippen LogP contribution is 2.18. The van der Waals surface area contributed by atoms with Crippen molar-refractivity contribution in [2.75, 3.05) is 12.4 Å². The van der Waals surface area contributed by atoms with Crippen molar-refractivity contribution in [3.05, 3.63) is 48.1 Å². The average molecular weight is 215 g/mol. The van der Waals surface area contributed by atoms with Crippen molar-refractivity contribution in [3.8, 4) is 5.75 Å². The van der Waals surface area contributed by atoms with Gasteiger partial charge in [0.15, 0.2) is 0 Å². The summed E-state index contributed by atoms with van der Waals surface area (Å²) in [5, 5.41) is 3.47. The predicted octanol–water partition coefficient (Wildman–Crippen LogP) is 3.38. The Balaban J connectivity index is 1.97. The molecule has 84 valence electrons. The number of benzene rings is 1. The molecule has 1 aliphatic carbocycles. The lowest BCUT2D eigenvalue weighted by molar-refractivity contribution is 0.415. The molecule has 1 aliphatic rings. The van der Waals surface area contributed by atoms with E-state index in [0.717, 1.165) is 17.9 Å². The fraction of sp³-hybridized carbons (Fsp3) is 0.286. The first-order valence-corrected chi connectivity index (χ1v) is 5.53. The van der Waals surface area contributed by atoms with Gasteiger partial charge in [-0.1, -0.05) is 23.8 Å². The van der Waals surface area contributed by atoms with E-state index in [4.69, 9.17) is 4.74 Å². The minimum atomic E-state index is 0.400. The largest absolute Gasteiger partial charge is 0.497 e. The van der Waals surface area contributed by atoms with Gasteiger partial charge in [0.05, 0.1) is 7.11 Å². The Labute approximate surface area is 96.6 Å². The molecule has 0 aliphatic heterocycles. The number of hydrogen-bond acceptors (Lipinski definition) is 2. The molecular formula is C14H17NO. The third kappa shape index (κ3) is 2.66. The molecule has 16 heavy (non-hydrogen) atoms. The fourth-order valence-corrected chi connectivity index (χ4v) is 1.74. The van der Waals surface area contributed by atoms with Gasteiger partial charge in [-0.3, -0.25) is 0 Å². The molecule has 1 unspecified atom stereocenters. The summed E-state index contributed by atoms with van der Waals surface area (Å²) in [6.07, 6.45) is 7.67. The summed E-state index contributed by atoms with van der Waals surface area (Å²) in [5.74, 6) is 0.889. The van der Waals surface area contributed by atoms with Crippen molar-refractivity contribution < 1.29 is 4.74 Å². The molecule has 1 N–H and O–H groups in total. The summed E-state index contributed by atoms with van der Waals surface area (Å²) in [6.45, 7) is 2.13. The van der Waals surface area contributed by atoms with Crippen LogP contribution in [0.4, 0.5) is 5.69 Å². The molecule has 1 atom stereocenters. The molecule has 1 aromatic carbocycles. The molecule has 0 spiro atoms. The van der Waals surface area contributed by atoms with E-state index in [2.05, 4.69) is 30.5 Å². The molecule has 0 heterocycles. The van der Waals surface area contributed by atoms with Crippen molar-refractivity contribution >= 4 is 5.69 Å². The van der Waals surface area contributed by atoms with Gasteiger partial charge in [-0.05, 0) is 37.6 Å². The van der Waals surface area contributed by atoms with Gasteiger partial charge < -0.3 is 10.1 Å². The molecule has 1 aromatic rings. The second kappa shape index (κ2) is 4.88. The number of allylic oxidation sites excluding steroid dienone is 2. The number of anilines is 1. The zero-order valence-electron chi connectivity index (χ0n) is 9.73. The van der Waals surface area contributed by atoms with Crippen LogP contribution in [-0.4, -0.2) is 13.2 Å². The van der Waals surface area contributed by atoms with E-state index in [-0.39, 0.29) is 0 Å². The molecule has 2 heteroatoms. The van der Waals surface area contributed by atoms with E-state index >= 15 is 0 Å². The second-order valence-electron chi connectivity index (χ2n) is 4.02. The quantitative estimate of drug-likeness (QED) is 0.834. The Kier molecular flexibility index (Phi) is 3.30. The smallest absolute Gasteiger partial charge is 0.119 e. The van der Waals surface area contributed by atoms with Crippen molar-refractivity contribution in [2.45, 2.75) is 19.4 Å². The van der Waals surface area contributed by atoms with Crippen LogP contribution in [0.25, 0.3) is 0 Å². The molecule has 0 saturated carbocycles. The van der Waals surface area contributed by atoms with Crippen molar-refractivity contribution in [1.29, 1.82) is 0 Å². The lowest BCUT2D eigenvalue weighted by Gasteiger charge is -2.18. The van der Waals surface area contributed by atoms with Gasteiger partial charge in [0, 0.05) is 11.7 Å². The van der Waals surface area contributed by atoms with Gasteiger partial charge in [0.25, 0.3) is 0 Å². The van der Waals surface area contributed by atoms with Gasteiger partial charge in [0.1, 0.15) is 5.75 Å². The van der Waals surface area contributed by atoms with Crippen LogP contribution in [0.3, 0.4) is 0 Å². The third-order valence-corrected chi connectivity index (χ3v) is 2.73. The Morgan fingerprint density at radius 3 is 2.56 bits per heavy atom. The lowest BCUT2D eigenvalue weighted by Crippen LogP contribution is -2.17. The van der Waals surface area contributed by atoms with Crippen LogP contribution < -0.4 is 10.1 Å². The summed E-state index contributed by atoms with van der Waals surface area (Å²) in [7, 11) is 1.68. The van der Waals surface area contributed by atoms with Crippen molar-refractivity contribution in [3.63, 3.8) is 0 Å².